The number of hydrogen-bond acceptors (Lipinski definition) is 2. The van der Waals surface area contributed by atoms with Crippen LogP contribution in [0.1, 0.15) is 78.9 Å². The van der Waals surface area contributed by atoms with Crippen molar-refractivity contribution in [2.45, 2.75) is 74.1 Å². The molecule has 0 fully saturated rings. The van der Waals surface area contributed by atoms with Gasteiger partial charge in [-0.05, 0) is 57.6 Å². The van der Waals surface area contributed by atoms with Crippen molar-refractivity contribution >= 4 is 5.71 Å². The summed E-state index contributed by atoms with van der Waals surface area (Å²) in [4.78, 5) is 0. The Bertz CT molecular complexity index is 633. The van der Waals surface area contributed by atoms with E-state index in [9.17, 15) is 0 Å². The second kappa shape index (κ2) is 19.0. The lowest BCUT2D eigenvalue weighted by atomic mass is 10.0. The minimum atomic E-state index is 0.905. The van der Waals surface area contributed by atoms with Gasteiger partial charge in [0.2, 0.25) is 0 Å². The van der Waals surface area contributed by atoms with E-state index in [-0.39, 0.29) is 0 Å². The van der Waals surface area contributed by atoms with Crippen LogP contribution in [0, 0.1) is 0 Å². The molecule has 0 aliphatic carbocycles. The fourth-order valence-electron chi connectivity index (χ4n) is 2.71. The van der Waals surface area contributed by atoms with Gasteiger partial charge in [0.1, 0.15) is 0 Å². The molecule has 29 heavy (non-hydrogen) atoms. The molecule has 1 aromatic rings. The molecule has 0 aliphatic heterocycles. The van der Waals surface area contributed by atoms with Crippen molar-refractivity contribution in [3.05, 3.63) is 84.6 Å². The van der Waals surface area contributed by atoms with Gasteiger partial charge in [-0.3, -0.25) is 5.01 Å². The van der Waals surface area contributed by atoms with Gasteiger partial charge in [0.15, 0.2) is 0 Å². The molecule has 0 N–H and O–H groups in total. The zero-order chi connectivity index (χ0) is 22.7. The Kier molecular flexibility index (Phi) is 18.9. The van der Waals surface area contributed by atoms with Crippen LogP contribution in [-0.2, 0) is 6.42 Å². The van der Waals surface area contributed by atoms with Crippen LogP contribution in [0.4, 0.5) is 0 Å². The van der Waals surface area contributed by atoms with E-state index in [1.54, 1.807) is 0 Å². The third-order valence-electron chi connectivity index (χ3n) is 4.07. The molecule has 0 unspecified atom stereocenters. The van der Waals surface area contributed by atoms with E-state index >= 15 is 0 Å². The maximum absolute atomic E-state index is 4.72. The highest BCUT2D eigenvalue weighted by molar-refractivity contribution is 5.98. The van der Waals surface area contributed by atoms with E-state index in [1.165, 1.54) is 16.7 Å². The smallest absolute Gasteiger partial charge is 0.0650 e. The van der Waals surface area contributed by atoms with Crippen molar-refractivity contribution in [1.82, 2.24) is 5.01 Å². The Labute approximate surface area is 181 Å². The maximum atomic E-state index is 4.72. The van der Waals surface area contributed by atoms with E-state index in [0.29, 0.717) is 0 Å². The molecule has 1 aromatic carbocycles. The first kappa shape index (κ1) is 28.9. The van der Waals surface area contributed by atoms with Gasteiger partial charge in [-0.1, -0.05) is 82.3 Å². The molecule has 0 spiro atoms. The minimum absolute atomic E-state index is 0.905. The fourth-order valence-corrected chi connectivity index (χ4v) is 2.71. The Morgan fingerprint density at radius 3 is 2.10 bits per heavy atom. The number of benzene rings is 1. The summed E-state index contributed by atoms with van der Waals surface area (Å²) in [6.07, 6.45) is 11.0. The molecule has 0 amide bonds. The molecule has 0 bridgehead atoms. The molecule has 0 heterocycles. The molecular weight excluding hydrogens is 352 g/mol. The van der Waals surface area contributed by atoms with E-state index < -0.39 is 0 Å². The van der Waals surface area contributed by atoms with Crippen molar-refractivity contribution in [2.75, 3.05) is 6.54 Å². The average molecular weight is 397 g/mol. The first-order valence-corrected chi connectivity index (χ1v) is 10.9. The van der Waals surface area contributed by atoms with Gasteiger partial charge in [-0.15, -0.1) is 13.2 Å². The standard InChI is InChI=1S/C23H34N2.C2H6.C2H4/c1-7-10-21(11-8-2)12-13-22-14-16-23(17-15-22)20(6)24-25(18-9-3)19(4)5;2*1-2/h7,10-11,14-17H,4,8-9,12-13,18H2,1-3,5-6H3;1-2H3;1-2H2/b10-7-,21-11+,24-20+;;. The topological polar surface area (TPSA) is 15.6 Å². The highest BCUT2D eigenvalue weighted by atomic mass is 15.5. The zero-order valence-electron chi connectivity index (χ0n) is 20.1. The summed E-state index contributed by atoms with van der Waals surface area (Å²) in [5.74, 6) is 0. The second-order valence-electron chi connectivity index (χ2n) is 6.43. The molecule has 2 nitrogen and oxygen atoms in total. The first-order valence-electron chi connectivity index (χ1n) is 10.9. The summed E-state index contributed by atoms with van der Waals surface area (Å²) < 4.78 is 0. The molecule has 0 aliphatic rings. The van der Waals surface area contributed by atoms with Crippen molar-refractivity contribution in [1.29, 1.82) is 0 Å². The zero-order valence-corrected chi connectivity index (χ0v) is 20.1. The van der Waals surface area contributed by atoms with Crippen LogP contribution in [0.5, 0.6) is 0 Å². The average Bonchev–Trinajstić information content (AvgIpc) is 2.75. The lowest BCUT2D eigenvalue weighted by molar-refractivity contribution is 0.366. The van der Waals surface area contributed by atoms with Gasteiger partial charge in [0.25, 0.3) is 0 Å². The number of hydrogen-bond donors (Lipinski definition) is 0. The van der Waals surface area contributed by atoms with Gasteiger partial charge in [-0.25, -0.2) is 0 Å². The van der Waals surface area contributed by atoms with Gasteiger partial charge in [0, 0.05) is 12.2 Å². The summed E-state index contributed by atoms with van der Waals surface area (Å²) in [5, 5.41) is 6.71. The Balaban J connectivity index is 0. The third kappa shape index (κ3) is 12.7. The summed E-state index contributed by atoms with van der Waals surface area (Å²) in [5.41, 5.74) is 5.97. The number of hydrazone groups is 1. The number of allylic oxidation sites excluding steroid dienone is 5. The van der Waals surface area contributed by atoms with E-state index in [1.807, 2.05) is 25.8 Å². The normalized spacial score (nSPS) is 11.3. The molecule has 0 aromatic heterocycles. The van der Waals surface area contributed by atoms with Crippen LogP contribution < -0.4 is 0 Å². The van der Waals surface area contributed by atoms with Crippen LogP contribution >= 0.6 is 0 Å². The summed E-state index contributed by atoms with van der Waals surface area (Å²) in [6.45, 7) is 25.4. The monoisotopic (exact) mass is 396 g/mol. The molecule has 0 atom stereocenters. The van der Waals surface area contributed by atoms with Crippen LogP contribution in [0.2, 0.25) is 0 Å². The van der Waals surface area contributed by atoms with E-state index in [2.05, 4.69) is 89.9 Å². The third-order valence-corrected chi connectivity index (χ3v) is 4.07. The van der Waals surface area contributed by atoms with Gasteiger partial charge in [-0.2, -0.15) is 5.10 Å². The predicted molar refractivity (Wildman–Crippen MR) is 135 cm³/mol. The molecule has 0 saturated heterocycles. The molecule has 162 valence electrons. The van der Waals surface area contributed by atoms with E-state index in [4.69, 9.17) is 5.10 Å². The second-order valence-corrected chi connectivity index (χ2v) is 6.43. The predicted octanol–water partition coefficient (Wildman–Crippen LogP) is 8.33. The first-order chi connectivity index (χ1) is 14.0. The molecule has 0 radical (unpaired) electrons. The summed E-state index contributed by atoms with van der Waals surface area (Å²) in [7, 11) is 0. The van der Waals surface area contributed by atoms with Crippen molar-refractivity contribution in [3.8, 4) is 0 Å². The number of nitrogens with zero attached hydrogens (tertiary/aromatic N) is 2. The van der Waals surface area contributed by atoms with Gasteiger partial charge < -0.3 is 0 Å². The molecular formula is C27H44N2. The van der Waals surface area contributed by atoms with Gasteiger partial charge >= 0.3 is 0 Å². The molecule has 0 saturated carbocycles. The Morgan fingerprint density at radius 1 is 1.07 bits per heavy atom. The fraction of sp³-hybridized carbons (Fsp3) is 0.444. The van der Waals surface area contributed by atoms with Crippen molar-refractivity contribution in [2.24, 2.45) is 5.10 Å². The number of rotatable bonds is 10. The lowest BCUT2D eigenvalue weighted by Crippen LogP contribution is -2.17. The Hall–Kier alpha value is -2.35. The summed E-state index contributed by atoms with van der Waals surface area (Å²) >= 11 is 0. The van der Waals surface area contributed by atoms with Crippen LogP contribution in [0.25, 0.3) is 0 Å². The maximum Gasteiger partial charge on any atom is 0.0650 e. The highest BCUT2D eigenvalue weighted by Crippen LogP contribution is 2.14. The van der Waals surface area contributed by atoms with Crippen molar-refractivity contribution in [3.63, 3.8) is 0 Å². The SMILES string of the molecule is C=C.C=C(C)N(CCC)/N=C(\C)c1ccc(CCC(/C=C\C)=C/CC)cc1.CC. The number of aryl methyl sites for hydroxylation is 1. The largest absolute Gasteiger partial charge is 0.270 e. The van der Waals surface area contributed by atoms with Crippen LogP contribution in [-0.4, -0.2) is 17.3 Å². The van der Waals surface area contributed by atoms with Crippen molar-refractivity contribution < 1.29 is 0 Å². The molecule has 1 rings (SSSR count). The lowest BCUT2D eigenvalue weighted by Gasteiger charge is -2.19. The quantitative estimate of drug-likeness (QED) is 0.168. The van der Waals surface area contributed by atoms with Crippen LogP contribution in [0.3, 0.4) is 0 Å². The van der Waals surface area contributed by atoms with Gasteiger partial charge in [0.05, 0.1) is 5.71 Å². The molecule has 2 heteroatoms. The Morgan fingerprint density at radius 2 is 1.66 bits per heavy atom. The van der Waals surface area contributed by atoms with E-state index in [0.717, 1.165) is 43.6 Å². The highest BCUT2D eigenvalue weighted by Gasteiger charge is 2.04. The summed E-state index contributed by atoms with van der Waals surface area (Å²) in [6, 6.07) is 8.79. The minimum Gasteiger partial charge on any atom is -0.270 e. The van der Waals surface area contributed by atoms with Crippen LogP contribution in [0.15, 0.2) is 78.6 Å².